The van der Waals surface area contributed by atoms with E-state index in [1.807, 2.05) is 11.5 Å². The van der Waals surface area contributed by atoms with E-state index in [4.69, 9.17) is 10.8 Å². The molecule has 0 unspecified atom stereocenters. The minimum absolute atomic E-state index is 0.0641. The van der Waals surface area contributed by atoms with Gasteiger partial charge in [0.25, 0.3) is 0 Å². The van der Waals surface area contributed by atoms with Crippen LogP contribution < -0.4 is 5.73 Å². The Labute approximate surface area is 71.2 Å². The van der Waals surface area contributed by atoms with E-state index in [1.54, 1.807) is 0 Å². The van der Waals surface area contributed by atoms with Crippen molar-refractivity contribution >= 4 is 0 Å². The smallest absolute Gasteiger partial charge is 0.158 e. The Kier molecular flexibility index (Phi) is 3.19. The van der Waals surface area contributed by atoms with Crippen LogP contribution in [0.3, 0.4) is 0 Å². The number of hydrogen-bond acceptors (Lipinski definition) is 4. The number of nitrogens with two attached hydrogens (primary N) is 1. The van der Waals surface area contributed by atoms with Gasteiger partial charge in [0.05, 0.1) is 0 Å². The lowest BCUT2D eigenvalue weighted by Gasteiger charge is -2.04. The molecule has 0 radical (unpaired) electrons. The summed E-state index contributed by atoms with van der Waals surface area (Å²) >= 11 is 0. The molecule has 1 heterocycles. The highest BCUT2D eigenvalue weighted by molar-refractivity contribution is 4.91. The van der Waals surface area contributed by atoms with E-state index in [0.29, 0.717) is 12.4 Å². The first-order chi connectivity index (χ1) is 5.79. The lowest BCUT2D eigenvalue weighted by molar-refractivity contribution is 0.264. The van der Waals surface area contributed by atoms with E-state index >= 15 is 0 Å². The molecule has 5 nitrogen and oxygen atoms in total. The molecule has 1 rings (SSSR count). The average Bonchev–Trinajstić information content (AvgIpc) is 2.43. The van der Waals surface area contributed by atoms with Gasteiger partial charge >= 0.3 is 0 Å². The molecule has 0 saturated carbocycles. The summed E-state index contributed by atoms with van der Waals surface area (Å²) in [6.45, 7) is 3.22. The number of rotatable bonds is 4. The molecule has 0 amide bonds. The van der Waals surface area contributed by atoms with Gasteiger partial charge in [-0.1, -0.05) is 0 Å². The van der Waals surface area contributed by atoms with Gasteiger partial charge in [0.15, 0.2) is 5.82 Å². The summed E-state index contributed by atoms with van der Waals surface area (Å²) in [5.41, 5.74) is 5.37. The van der Waals surface area contributed by atoms with Crippen molar-refractivity contribution in [3.05, 3.63) is 11.6 Å². The van der Waals surface area contributed by atoms with Crippen LogP contribution in [0.2, 0.25) is 0 Å². The monoisotopic (exact) mass is 170 g/mol. The van der Waals surface area contributed by atoms with E-state index in [0.717, 1.165) is 18.8 Å². The number of hydrogen-bond donors (Lipinski definition) is 2. The molecule has 5 heteroatoms. The van der Waals surface area contributed by atoms with Crippen molar-refractivity contribution in [3.63, 3.8) is 0 Å². The third kappa shape index (κ3) is 1.80. The average molecular weight is 170 g/mol. The molecule has 0 bridgehead atoms. The predicted molar refractivity (Wildman–Crippen MR) is 44.4 cm³/mol. The molecule has 0 saturated heterocycles. The fourth-order valence-corrected chi connectivity index (χ4v) is 1.08. The van der Waals surface area contributed by atoms with Gasteiger partial charge in [0.1, 0.15) is 12.4 Å². The van der Waals surface area contributed by atoms with Gasteiger partial charge < -0.3 is 15.4 Å². The summed E-state index contributed by atoms with van der Waals surface area (Å²) in [5, 5.41) is 16.5. The summed E-state index contributed by atoms with van der Waals surface area (Å²) in [6, 6.07) is 0. The van der Waals surface area contributed by atoms with E-state index in [-0.39, 0.29) is 6.61 Å². The van der Waals surface area contributed by atoms with Crippen LogP contribution >= 0.6 is 0 Å². The summed E-state index contributed by atoms with van der Waals surface area (Å²) in [7, 11) is 0. The molecule has 0 aromatic carbocycles. The van der Waals surface area contributed by atoms with Crippen molar-refractivity contribution in [1.82, 2.24) is 14.8 Å². The number of nitrogens with zero attached hydrogens (tertiary/aromatic N) is 3. The third-order valence-electron chi connectivity index (χ3n) is 1.74. The third-order valence-corrected chi connectivity index (χ3v) is 1.74. The van der Waals surface area contributed by atoms with Gasteiger partial charge in [0.2, 0.25) is 0 Å². The number of aliphatic hydroxyl groups excluding tert-OH is 1. The van der Waals surface area contributed by atoms with Gasteiger partial charge in [-0.3, -0.25) is 0 Å². The second-order valence-electron chi connectivity index (χ2n) is 2.62. The van der Waals surface area contributed by atoms with Gasteiger partial charge in [-0.2, -0.15) is 0 Å². The van der Waals surface area contributed by atoms with Crippen LogP contribution in [0.1, 0.15) is 18.1 Å². The predicted octanol–water partition coefficient (Wildman–Crippen LogP) is -0.572. The Morgan fingerprint density at radius 1 is 1.50 bits per heavy atom. The van der Waals surface area contributed by atoms with E-state index in [1.165, 1.54) is 0 Å². The fourth-order valence-electron chi connectivity index (χ4n) is 1.08. The Bertz CT molecular complexity index is 246. The zero-order valence-corrected chi connectivity index (χ0v) is 7.19. The highest BCUT2D eigenvalue weighted by Crippen LogP contribution is 2.01. The molecule has 0 fully saturated rings. The Morgan fingerprint density at radius 3 is 2.83 bits per heavy atom. The summed E-state index contributed by atoms with van der Waals surface area (Å²) in [6.07, 6.45) is 0.881. The minimum atomic E-state index is -0.0641. The Morgan fingerprint density at radius 2 is 2.25 bits per heavy atom. The first-order valence-corrected chi connectivity index (χ1v) is 3.99. The summed E-state index contributed by atoms with van der Waals surface area (Å²) < 4.78 is 1.88. The number of aromatic nitrogens is 3. The van der Waals surface area contributed by atoms with Crippen molar-refractivity contribution in [2.45, 2.75) is 26.5 Å². The van der Waals surface area contributed by atoms with Gasteiger partial charge in [0, 0.05) is 6.54 Å². The van der Waals surface area contributed by atoms with Gasteiger partial charge in [-0.05, 0) is 19.9 Å². The molecule has 0 aliphatic rings. The molecule has 0 aliphatic carbocycles. The lowest BCUT2D eigenvalue weighted by Crippen LogP contribution is -2.10. The topological polar surface area (TPSA) is 77.0 Å². The standard InChI is InChI=1S/C7H14N4O/c1-6-9-10-7(5-12)11(6)4-2-3-8/h12H,2-5,8H2,1H3. The number of aliphatic hydroxyl groups is 1. The minimum Gasteiger partial charge on any atom is -0.388 e. The van der Waals surface area contributed by atoms with Crippen molar-refractivity contribution in [1.29, 1.82) is 0 Å². The molecular weight excluding hydrogens is 156 g/mol. The van der Waals surface area contributed by atoms with E-state index in [9.17, 15) is 0 Å². The Hall–Kier alpha value is -0.940. The van der Waals surface area contributed by atoms with Crippen LogP contribution in [0, 0.1) is 6.92 Å². The van der Waals surface area contributed by atoms with Crippen molar-refractivity contribution < 1.29 is 5.11 Å². The van der Waals surface area contributed by atoms with Crippen LogP contribution in [0.15, 0.2) is 0 Å². The Balaban J connectivity index is 2.72. The summed E-state index contributed by atoms with van der Waals surface area (Å²) in [5.74, 6) is 1.44. The highest BCUT2D eigenvalue weighted by atomic mass is 16.3. The maximum Gasteiger partial charge on any atom is 0.158 e. The molecule has 0 aliphatic heterocycles. The van der Waals surface area contributed by atoms with Crippen LogP contribution in [-0.2, 0) is 13.2 Å². The first kappa shape index (κ1) is 9.15. The second kappa shape index (κ2) is 4.18. The van der Waals surface area contributed by atoms with E-state index < -0.39 is 0 Å². The van der Waals surface area contributed by atoms with Crippen LogP contribution in [0.5, 0.6) is 0 Å². The maximum atomic E-state index is 8.88. The quantitative estimate of drug-likeness (QED) is 0.634. The van der Waals surface area contributed by atoms with Crippen LogP contribution in [0.4, 0.5) is 0 Å². The van der Waals surface area contributed by atoms with Gasteiger partial charge in [-0.25, -0.2) is 0 Å². The molecule has 1 aromatic heterocycles. The SMILES string of the molecule is Cc1nnc(CO)n1CCCN. The molecule has 0 atom stereocenters. The van der Waals surface area contributed by atoms with Crippen LogP contribution in [-0.4, -0.2) is 26.4 Å². The molecule has 68 valence electrons. The lowest BCUT2D eigenvalue weighted by atomic mass is 10.4. The normalized spacial score (nSPS) is 10.6. The molecule has 12 heavy (non-hydrogen) atoms. The number of aryl methyl sites for hydroxylation is 1. The summed E-state index contributed by atoms with van der Waals surface area (Å²) in [4.78, 5) is 0. The zero-order valence-electron chi connectivity index (χ0n) is 7.19. The van der Waals surface area contributed by atoms with Crippen molar-refractivity contribution in [2.24, 2.45) is 5.73 Å². The van der Waals surface area contributed by atoms with Crippen LogP contribution in [0.25, 0.3) is 0 Å². The molecule has 1 aromatic rings. The molecule has 0 spiro atoms. The van der Waals surface area contributed by atoms with Crippen molar-refractivity contribution in [2.75, 3.05) is 6.54 Å². The first-order valence-electron chi connectivity index (χ1n) is 3.99. The fraction of sp³-hybridized carbons (Fsp3) is 0.714. The highest BCUT2D eigenvalue weighted by Gasteiger charge is 2.05. The van der Waals surface area contributed by atoms with E-state index in [2.05, 4.69) is 10.2 Å². The van der Waals surface area contributed by atoms with Gasteiger partial charge in [-0.15, -0.1) is 10.2 Å². The molecular formula is C7H14N4O. The zero-order chi connectivity index (χ0) is 8.97. The maximum absolute atomic E-state index is 8.88. The van der Waals surface area contributed by atoms with Crippen molar-refractivity contribution in [3.8, 4) is 0 Å². The largest absolute Gasteiger partial charge is 0.388 e. The second-order valence-corrected chi connectivity index (χ2v) is 2.62. The molecule has 3 N–H and O–H groups in total.